The summed E-state index contributed by atoms with van der Waals surface area (Å²) in [6, 6.07) is 17.8. The topological polar surface area (TPSA) is 94.8 Å². The molecule has 146 valence electrons. The standard InChI is InChI=1S/C25H16O5/c26-16-21-12-19(9-7-17-3-1-5-22(14-17)24(27)28)11-20(13-21)10-8-18-4-2-6-23(15-18)25(29)30/h1-6,11-15,26H,16H2,(H,27,28)(H,29,30). The molecule has 0 fully saturated rings. The Kier molecular flexibility index (Phi) is 6.29. The lowest BCUT2D eigenvalue weighted by atomic mass is 10.0. The van der Waals surface area contributed by atoms with Gasteiger partial charge in [0.15, 0.2) is 0 Å². The van der Waals surface area contributed by atoms with Gasteiger partial charge in [-0.15, -0.1) is 0 Å². The molecule has 30 heavy (non-hydrogen) atoms. The van der Waals surface area contributed by atoms with E-state index in [1.54, 1.807) is 42.5 Å². The maximum absolute atomic E-state index is 11.1. The Balaban J connectivity index is 1.93. The summed E-state index contributed by atoms with van der Waals surface area (Å²) in [7, 11) is 0. The Bertz CT molecular complexity index is 1160. The van der Waals surface area contributed by atoms with Gasteiger partial charge in [-0.1, -0.05) is 35.8 Å². The van der Waals surface area contributed by atoms with Crippen molar-refractivity contribution in [1.29, 1.82) is 0 Å². The molecule has 3 aromatic carbocycles. The Morgan fingerprint density at radius 2 is 1.07 bits per heavy atom. The molecule has 3 aromatic rings. The molecule has 0 aliphatic heterocycles. The summed E-state index contributed by atoms with van der Waals surface area (Å²) < 4.78 is 0. The van der Waals surface area contributed by atoms with Crippen molar-refractivity contribution in [3.8, 4) is 23.7 Å². The van der Waals surface area contributed by atoms with E-state index in [0.717, 1.165) is 0 Å². The normalized spacial score (nSPS) is 9.63. The van der Waals surface area contributed by atoms with E-state index in [-0.39, 0.29) is 17.7 Å². The summed E-state index contributed by atoms with van der Waals surface area (Å²) in [5.41, 5.74) is 3.29. The second-order valence-electron chi connectivity index (χ2n) is 6.35. The van der Waals surface area contributed by atoms with E-state index in [2.05, 4.69) is 23.7 Å². The molecule has 0 saturated carbocycles. The minimum Gasteiger partial charge on any atom is -0.478 e. The average molecular weight is 396 g/mol. The van der Waals surface area contributed by atoms with Crippen LogP contribution in [-0.4, -0.2) is 27.3 Å². The molecule has 0 atom stereocenters. The summed E-state index contributed by atoms with van der Waals surface area (Å²) in [5.74, 6) is 9.72. The fourth-order valence-corrected chi connectivity index (χ4v) is 2.68. The van der Waals surface area contributed by atoms with Gasteiger partial charge in [0.1, 0.15) is 0 Å². The molecule has 5 heteroatoms. The zero-order chi connectivity index (χ0) is 21.5. The highest BCUT2D eigenvalue weighted by Gasteiger charge is 2.03. The molecule has 0 saturated heterocycles. The first kappa shape index (κ1) is 20.4. The number of hydrogen-bond acceptors (Lipinski definition) is 3. The molecule has 3 rings (SSSR count). The predicted octanol–water partition coefficient (Wildman–Crippen LogP) is 3.37. The van der Waals surface area contributed by atoms with E-state index in [1.165, 1.54) is 24.3 Å². The van der Waals surface area contributed by atoms with Crippen molar-refractivity contribution < 1.29 is 24.9 Å². The van der Waals surface area contributed by atoms with Crippen molar-refractivity contribution in [3.05, 3.63) is 106 Å². The van der Waals surface area contributed by atoms with E-state index >= 15 is 0 Å². The first-order valence-electron chi connectivity index (χ1n) is 8.90. The third-order valence-corrected chi connectivity index (χ3v) is 4.10. The van der Waals surface area contributed by atoms with Crippen LogP contribution in [0.25, 0.3) is 0 Å². The van der Waals surface area contributed by atoms with Gasteiger partial charge in [0.05, 0.1) is 17.7 Å². The molecule has 5 nitrogen and oxygen atoms in total. The van der Waals surface area contributed by atoms with E-state index in [4.69, 9.17) is 10.2 Å². The first-order chi connectivity index (χ1) is 14.4. The number of carbonyl (C=O) groups is 2. The minimum absolute atomic E-state index is 0.154. The SMILES string of the molecule is O=C(O)c1cccc(C#Cc2cc(C#Cc3cccc(C(=O)O)c3)cc(CO)c2)c1. The van der Waals surface area contributed by atoms with Crippen molar-refractivity contribution in [2.24, 2.45) is 0 Å². The monoisotopic (exact) mass is 396 g/mol. The fourth-order valence-electron chi connectivity index (χ4n) is 2.68. The lowest BCUT2D eigenvalue weighted by Crippen LogP contribution is -1.95. The van der Waals surface area contributed by atoms with Gasteiger partial charge in [-0.3, -0.25) is 0 Å². The third kappa shape index (κ3) is 5.36. The van der Waals surface area contributed by atoms with Crippen LogP contribution in [-0.2, 0) is 6.61 Å². The Labute approximate surface area is 173 Å². The molecule has 0 spiro atoms. The average Bonchev–Trinajstić information content (AvgIpc) is 2.76. The Morgan fingerprint density at radius 1 is 0.633 bits per heavy atom. The van der Waals surface area contributed by atoms with E-state index in [9.17, 15) is 14.7 Å². The molecule has 0 aliphatic carbocycles. The molecule has 3 N–H and O–H groups in total. The summed E-state index contributed by atoms with van der Waals surface area (Å²) in [6.07, 6.45) is 0. The van der Waals surface area contributed by atoms with Crippen LogP contribution in [0.2, 0.25) is 0 Å². The van der Waals surface area contributed by atoms with Crippen molar-refractivity contribution in [2.45, 2.75) is 6.61 Å². The van der Waals surface area contributed by atoms with Crippen molar-refractivity contribution in [1.82, 2.24) is 0 Å². The van der Waals surface area contributed by atoms with Gasteiger partial charge >= 0.3 is 11.9 Å². The van der Waals surface area contributed by atoms with Gasteiger partial charge in [-0.05, 0) is 60.2 Å². The molecular weight excluding hydrogens is 380 g/mol. The maximum atomic E-state index is 11.1. The van der Waals surface area contributed by atoms with Gasteiger partial charge in [0, 0.05) is 22.3 Å². The summed E-state index contributed by atoms with van der Waals surface area (Å²) >= 11 is 0. The molecule has 0 radical (unpaired) electrons. The minimum atomic E-state index is -1.02. The molecule has 0 bridgehead atoms. The van der Waals surface area contributed by atoms with E-state index in [0.29, 0.717) is 27.8 Å². The fraction of sp³-hybridized carbons (Fsp3) is 0.0400. The molecule has 0 aliphatic rings. The number of aliphatic hydroxyl groups excluding tert-OH is 1. The van der Waals surface area contributed by atoms with Crippen LogP contribution in [0.1, 0.15) is 48.5 Å². The lowest BCUT2D eigenvalue weighted by molar-refractivity contribution is 0.0686. The van der Waals surface area contributed by atoms with Crippen molar-refractivity contribution >= 4 is 11.9 Å². The van der Waals surface area contributed by atoms with Gasteiger partial charge in [-0.25, -0.2) is 9.59 Å². The maximum Gasteiger partial charge on any atom is 0.335 e. The highest BCUT2D eigenvalue weighted by atomic mass is 16.4. The zero-order valence-corrected chi connectivity index (χ0v) is 15.7. The van der Waals surface area contributed by atoms with Gasteiger partial charge in [-0.2, -0.15) is 0 Å². The smallest absolute Gasteiger partial charge is 0.335 e. The van der Waals surface area contributed by atoms with Crippen molar-refractivity contribution in [3.63, 3.8) is 0 Å². The summed E-state index contributed by atoms with van der Waals surface area (Å²) in [6.45, 7) is -0.187. The number of benzene rings is 3. The number of aromatic carboxylic acids is 2. The summed E-state index contributed by atoms with van der Waals surface area (Å²) in [5, 5.41) is 27.7. The van der Waals surface area contributed by atoms with Crippen LogP contribution in [0.15, 0.2) is 66.7 Å². The number of carboxylic acids is 2. The molecular formula is C25H16O5. The molecule has 0 unspecified atom stereocenters. The first-order valence-corrected chi connectivity index (χ1v) is 8.90. The second-order valence-corrected chi connectivity index (χ2v) is 6.35. The van der Waals surface area contributed by atoms with Crippen molar-refractivity contribution in [2.75, 3.05) is 0 Å². The van der Waals surface area contributed by atoms with Gasteiger partial charge < -0.3 is 15.3 Å². The van der Waals surface area contributed by atoms with Crippen LogP contribution >= 0.6 is 0 Å². The summed E-state index contributed by atoms with van der Waals surface area (Å²) in [4.78, 5) is 22.2. The van der Waals surface area contributed by atoms with E-state index in [1.807, 2.05) is 0 Å². The number of aliphatic hydroxyl groups is 1. The third-order valence-electron chi connectivity index (χ3n) is 4.10. The van der Waals surface area contributed by atoms with Gasteiger partial charge in [0.2, 0.25) is 0 Å². The van der Waals surface area contributed by atoms with Crippen LogP contribution in [0.3, 0.4) is 0 Å². The zero-order valence-electron chi connectivity index (χ0n) is 15.7. The number of rotatable bonds is 3. The number of carboxylic acid groups (broad SMARTS) is 2. The highest BCUT2D eigenvalue weighted by molar-refractivity contribution is 5.88. The van der Waals surface area contributed by atoms with Crippen LogP contribution < -0.4 is 0 Å². The van der Waals surface area contributed by atoms with Crippen LogP contribution in [0.5, 0.6) is 0 Å². The second kappa shape index (κ2) is 9.25. The quantitative estimate of drug-likeness (QED) is 0.590. The number of hydrogen-bond donors (Lipinski definition) is 3. The predicted molar refractivity (Wildman–Crippen MR) is 111 cm³/mol. The van der Waals surface area contributed by atoms with Crippen LogP contribution in [0.4, 0.5) is 0 Å². The van der Waals surface area contributed by atoms with Gasteiger partial charge in [0.25, 0.3) is 0 Å². The Hall–Kier alpha value is -4.32. The largest absolute Gasteiger partial charge is 0.478 e. The van der Waals surface area contributed by atoms with Crippen LogP contribution in [0, 0.1) is 23.7 Å². The lowest BCUT2D eigenvalue weighted by Gasteiger charge is -2.00. The molecule has 0 aromatic heterocycles. The highest BCUT2D eigenvalue weighted by Crippen LogP contribution is 2.11. The molecule has 0 heterocycles. The molecule has 0 amide bonds. The van der Waals surface area contributed by atoms with E-state index < -0.39 is 11.9 Å². The Morgan fingerprint density at radius 3 is 1.47 bits per heavy atom.